The molecule has 0 unspecified atom stereocenters. The van der Waals surface area contributed by atoms with Gasteiger partial charge >= 0.3 is 18.4 Å². The molecular formula is C23H25F6N5O2. The van der Waals surface area contributed by atoms with Crippen molar-refractivity contribution in [2.45, 2.75) is 51.1 Å². The van der Waals surface area contributed by atoms with Gasteiger partial charge in [-0.05, 0) is 43.5 Å². The Kier molecular flexibility index (Phi) is 7.99. The number of hydrogen-bond acceptors (Lipinski definition) is 4. The van der Waals surface area contributed by atoms with Crippen molar-refractivity contribution in [3.05, 3.63) is 48.4 Å². The molecule has 0 saturated heterocycles. The highest BCUT2D eigenvalue weighted by atomic mass is 19.4. The van der Waals surface area contributed by atoms with E-state index in [4.69, 9.17) is 4.74 Å². The highest BCUT2D eigenvalue weighted by molar-refractivity contribution is 5.75. The van der Waals surface area contributed by atoms with Crippen LogP contribution in [0.1, 0.15) is 38.3 Å². The lowest BCUT2D eigenvalue weighted by Gasteiger charge is -2.31. The third-order valence-corrected chi connectivity index (χ3v) is 5.74. The van der Waals surface area contributed by atoms with Gasteiger partial charge in [0.2, 0.25) is 0 Å². The first kappa shape index (κ1) is 27.1. The number of alkyl halides is 6. The number of aromatic nitrogens is 3. The summed E-state index contributed by atoms with van der Waals surface area (Å²) in [5, 5.41) is 5.85. The van der Waals surface area contributed by atoms with Crippen LogP contribution in [0.4, 0.5) is 31.1 Å². The van der Waals surface area contributed by atoms with Crippen LogP contribution in [0, 0.1) is 0 Å². The first-order chi connectivity index (χ1) is 16.8. The molecule has 1 N–H and O–H groups in total. The molecule has 2 aromatic heterocycles. The molecule has 7 nitrogen and oxygen atoms in total. The summed E-state index contributed by atoms with van der Waals surface area (Å²) in [5.41, 5.74) is 2.57. The van der Waals surface area contributed by atoms with Gasteiger partial charge in [0.05, 0.1) is 13.2 Å². The molecule has 36 heavy (non-hydrogen) atoms. The van der Waals surface area contributed by atoms with Gasteiger partial charge in [-0.1, -0.05) is 18.2 Å². The Bertz CT molecular complexity index is 1190. The number of hydrogen-bond donors (Lipinski definition) is 1. The first-order valence-corrected chi connectivity index (χ1v) is 11.0. The van der Waals surface area contributed by atoms with Crippen molar-refractivity contribution in [2.24, 2.45) is 0 Å². The van der Waals surface area contributed by atoms with Crippen LogP contribution in [0.5, 0.6) is 5.75 Å². The Morgan fingerprint density at radius 3 is 2.50 bits per heavy atom. The molecule has 2 heterocycles. The third kappa shape index (κ3) is 6.38. The van der Waals surface area contributed by atoms with Gasteiger partial charge < -0.3 is 15.0 Å². The standard InChI is InChI=1S/C23H25F6N5O2/c1-4-33(21(35)32-19(23(27,28)29)8-9-22(24,25)26)14(2)15-6-5-7-16(10-15)17-11-18(36-3)20-30-13-31-34(20)12-17/h5-7,10-14,19H,4,8-9H2,1-3H3,(H,32,35)/t14-,19+/m1/s1. The number of fused-ring (bicyclic) bond motifs is 1. The Morgan fingerprint density at radius 2 is 1.89 bits per heavy atom. The van der Waals surface area contributed by atoms with Crippen molar-refractivity contribution in [2.75, 3.05) is 13.7 Å². The van der Waals surface area contributed by atoms with E-state index in [2.05, 4.69) is 10.1 Å². The minimum atomic E-state index is -5.03. The highest BCUT2D eigenvalue weighted by Gasteiger charge is 2.43. The molecule has 0 bridgehead atoms. The lowest BCUT2D eigenvalue weighted by atomic mass is 10.00. The molecular weight excluding hydrogens is 492 g/mol. The molecule has 0 fully saturated rings. The topological polar surface area (TPSA) is 71.8 Å². The van der Waals surface area contributed by atoms with Crippen molar-refractivity contribution < 1.29 is 35.9 Å². The Hall–Kier alpha value is -3.51. The maximum atomic E-state index is 13.3. The molecule has 3 aromatic rings. The monoisotopic (exact) mass is 517 g/mol. The van der Waals surface area contributed by atoms with Gasteiger partial charge in [-0.25, -0.2) is 14.3 Å². The molecule has 0 aliphatic carbocycles. The minimum Gasteiger partial charge on any atom is -0.493 e. The lowest BCUT2D eigenvalue weighted by Crippen LogP contribution is -2.51. The molecule has 13 heteroatoms. The van der Waals surface area contributed by atoms with E-state index in [-0.39, 0.29) is 6.54 Å². The van der Waals surface area contributed by atoms with Gasteiger partial charge in [-0.15, -0.1) is 0 Å². The molecule has 1 aromatic carbocycles. The summed E-state index contributed by atoms with van der Waals surface area (Å²) in [4.78, 5) is 18.0. The first-order valence-electron chi connectivity index (χ1n) is 11.0. The quantitative estimate of drug-likeness (QED) is 0.385. The number of halogens is 6. The largest absolute Gasteiger partial charge is 0.493 e. The van der Waals surface area contributed by atoms with E-state index in [1.807, 2.05) is 0 Å². The fraction of sp³-hybridized carbons (Fsp3) is 0.435. The van der Waals surface area contributed by atoms with Crippen LogP contribution in [0.3, 0.4) is 0 Å². The summed E-state index contributed by atoms with van der Waals surface area (Å²) in [7, 11) is 1.49. The van der Waals surface area contributed by atoms with Gasteiger partial charge in [-0.3, -0.25) is 0 Å². The maximum Gasteiger partial charge on any atom is 0.408 e. The highest BCUT2D eigenvalue weighted by Crippen LogP contribution is 2.31. The number of ether oxygens (including phenoxy) is 1. The molecule has 0 saturated carbocycles. The molecule has 3 rings (SSSR count). The number of nitrogens with zero attached hydrogens (tertiary/aromatic N) is 4. The number of pyridine rings is 1. The zero-order chi connectivity index (χ0) is 26.7. The summed E-state index contributed by atoms with van der Waals surface area (Å²) in [6.07, 6.45) is -9.66. The fourth-order valence-corrected chi connectivity index (χ4v) is 3.81. The van der Waals surface area contributed by atoms with E-state index in [1.54, 1.807) is 55.7 Å². The molecule has 0 aliphatic heterocycles. The average molecular weight is 517 g/mol. The zero-order valence-corrected chi connectivity index (χ0v) is 19.7. The van der Waals surface area contributed by atoms with E-state index in [0.717, 1.165) is 16.0 Å². The number of nitrogens with one attached hydrogen (secondary N) is 1. The Balaban J connectivity index is 1.84. The van der Waals surface area contributed by atoms with Crippen molar-refractivity contribution in [3.8, 4) is 16.9 Å². The second kappa shape index (κ2) is 10.6. The van der Waals surface area contributed by atoms with E-state index in [0.29, 0.717) is 17.0 Å². The number of urea groups is 1. The predicted octanol–water partition coefficient (Wildman–Crippen LogP) is 5.77. The van der Waals surface area contributed by atoms with E-state index < -0.39 is 43.3 Å². The number of amides is 2. The van der Waals surface area contributed by atoms with Gasteiger partial charge in [0.15, 0.2) is 11.4 Å². The number of rotatable bonds is 8. The van der Waals surface area contributed by atoms with Gasteiger partial charge in [0, 0.05) is 24.7 Å². The van der Waals surface area contributed by atoms with Crippen molar-refractivity contribution in [1.29, 1.82) is 0 Å². The van der Waals surface area contributed by atoms with Crippen molar-refractivity contribution in [1.82, 2.24) is 24.8 Å². The molecule has 0 aliphatic rings. The van der Waals surface area contributed by atoms with Crippen LogP contribution in [-0.2, 0) is 0 Å². The van der Waals surface area contributed by atoms with Gasteiger partial charge in [-0.2, -0.15) is 31.4 Å². The number of carbonyl (C=O) groups excluding carboxylic acids is 1. The Morgan fingerprint density at radius 1 is 1.17 bits per heavy atom. The van der Waals surface area contributed by atoms with Crippen LogP contribution < -0.4 is 10.1 Å². The predicted molar refractivity (Wildman–Crippen MR) is 119 cm³/mol. The van der Waals surface area contributed by atoms with Gasteiger partial charge in [0.1, 0.15) is 12.4 Å². The molecule has 2 atom stereocenters. The second-order valence-electron chi connectivity index (χ2n) is 8.11. The van der Waals surface area contributed by atoms with Crippen LogP contribution in [0.25, 0.3) is 16.8 Å². The Labute approximate surface area is 203 Å². The molecule has 0 spiro atoms. The van der Waals surface area contributed by atoms with Crippen molar-refractivity contribution >= 4 is 11.7 Å². The van der Waals surface area contributed by atoms with Crippen molar-refractivity contribution in [3.63, 3.8) is 0 Å². The van der Waals surface area contributed by atoms with Gasteiger partial charge in [0.25, 0.3) is 0 Å². The maximum absolute atomic E-state index is 13.3. The van der Waals surface area contributed by atoms with Crippen LogP contribution in [-0.4, -0.2) is 57.6 Å². The lowest BCUT2D eigenvalue weighted by molar-refractivity contribution is -0.171. The van der Waals surface area contributed by atoms with Crippen LogP contribution in [0.2, 0.25) is 0 Å². The zero-order valence-electron chi connectivity index (χ0n) is 19.7. The smallest absolute Gasteiger partial charge is 0.408 e. The molecule has 196 valence electrons. The van der Waals surface area contributed by atoms with Crippen LogP contribution >= 0.6 is 0 Å². The minimum absolute atomic E-state index is 0.0276. The number of methoxy groups -OCH3 is 1. The van der Waals surface area contributed by atoms with Crippen LogP contribution in [0.15, 0.2) is 42.9 Å². The molecule has 0 radical (unpaired) electrons. The normalized spacial score (nSPS) is 13.9. The van der Waals surface area contributed by atoms with E-state index in [9.17, 15) is 31.1 Å². The third-order valence-electron chi connectivity index (χ3n) is 5.74. The van der Waals surface area contributed by atoms with E-state index >= 15 is 0 Å². The molecule has 2 amide bonds. The fourth-order valence-electron chi connectivity index (χ4n) is 3.81. The summed E-state index contributed by atoms with van der Waals surface area (Å²) >= 11 is 0. The summed E-state index contributed by atoms with van der Waals surface area (Å²) in [6.45, 7) is 3.23. The average Bonchev–Trinajstić information content (AvgIpc) is 3.29. The number of benzene rings is 1. The summed E-state index contributed by atoms with van der Waals surface area (Å²) in [6, 6.07) is 4.36. The summed E-state index contributed by atoms with van der Waals surface area (Å²) in [5.74, 6) is 0.482. The van der Waals surface area contributed by atoms with E-state index in [1.165, 1.54) is 18.0 Å². The second-order valence-corrected chi connectivity index (χ2v) is 8.11. The SMILES string of the molecule is CCN(C(=O)N[C@@H](CCC(F)(F)F)C(F)(F)F)[C@H](C)c1cccc(-c2cc(OC)c3ncnn3c2)c1. The number of carbonyl (C=O) groups is 1. The summed E-state index contributed by atoms with van der Waals surface area (Å²) < 4.78 is 84.4.